The summed E-state index contributed by atoms with van der Waals surface area (Å²) in [7, 11) is 1.37. The van der Waals surface area contributed by atoms with Crippen molar-refractivity contribution in [1.82, 2.24) is 0 Å². The maximum atomic E-state index is 11.3. The van der Waals surface area contributed by atoms with Crippen molar-refractivity contribution in [2.75, 3.05) is 7.11 Å². The number of carbonyl (C=O) groups is 1. The summed E-state index contributed by atoms with van der Waals surface area (Å²) >= 11 is 0. The maximum absolute atomic E-state index is 11.3. The van der Waals surface area contributed by atoms with Gasteiger partial charge in [-0.25, -0.2) is 4.79 Å². The number of methoxy groups -OCH3 is 1. The predicted octanol–water partition coefficient (Wildman–Crippen LogP) is 3.36. The van der Waals surface area contributed by atoms with Gasteiger partial charge >= 0.3 is 5.97 Å². The molecule has 0 aliphatic heterocycles. The third kappa shape index (κ3) is 3.35. The van der Waals surface area contributed by atoms with Crippen LogP contribution in [0.5, 0.6) is 5.75 Å². The van der Waals surface area contributed by atoms with Gasteiger partial charge in [0.15, 0.2) is 0 Å². The van der Waals surface area contributed by atoms with Crippen molar-refractivity contribution in [3.63, 3.8) is 0 Å². The van der Waals surface area contributed by atoms with Gasteiger partial charge in [0.1, 0.15) is 12.4 Å². The molecule has 0 aromatic heterocycles. The van der Waals surface area contributed by atoms with Crippen molar-refractivity contribution in [2.24, 2.45) is 0 Å². The summed E-state index contributed by atoms with van der Waals surface area (Å²) in [4.78, 5) is 11.3. The minimum atomic E-state index is -0.342. The van der Waals surface area contributed by atoms with Crippen LogP contribution in [0.25, 0.3) is 0 Å². The minimum absolute atomic E-state index is 0.342. The van der Waals surface area contributed by atoms with E-state index in [1.807, 2.05) is 18.2 Å². The van der Waals surface area contributed by atoms with E-state index in [0.29, 0.717) is 12.2 Å². The van der Waals surface area contributed by atoms with Crippen LogP contribution in [-0.2, 0) is 11.3 Å². The number of rotatable bonds is 4. The Morgan fingerprint density at radius 3 is 2.37 bits per heavy atom. The lowest BCUT2D eigenvalue weighted by atomic mass is 10.1. The lowest BCUT2D eigenvalue weighted by molar-refractivity contribution is 0.0600. The molecule has 0 radical (unpaired) electrons. The first-order valence-corrected chi connectivity index (χ1v) is 6.06. The van der Waals surface area contributed by atoms with E-state index in [0.717, 1.165) is 11.3 Å². The van der Waals surface area contributed by atoms with Crippen molar-refractivity contribution >= 4 is 5.97 Å². The van der Waals surface area contributed by atoms with Gasteiger partial charge in [-0.1, -0.05) is 24.3 Å². The van der Waals surface area contributed by atoms with Crippen molar-refractivity contribution < 1.29 is 14.3 Å². The minimum Gasteiger partial charge on any atom is -0.489 e. The zero-order valence-corrected chi connectivity index (χ0v) is 11.1. The number of hydrogen-bond donors (Lipinski definition) is 0. The Labute approximate surface area is 112 Å². The van der Waals surface area contributed by atoms with Crippen LogP contribution < -0.4 is 4.74 Å². The molecule has 0 aliphatic carbocycles. The first kappa shape index (κ1) is 13.1. The summed E-state index contributed by atoms with van der Waals surface area (Å²) in [5.41, 5.74) is 2.87. The van der Waals surface area contributed by atoms with Gasteiger partial charge in [0.2, 0.25) is 0 Å². The zero-order valence-electron chi connectivity index (χ0n) is 11.1. The Balaban J connectivity index is 2.01. The van der Waals surface area contributed by atoms with Crippen LogP contribution in [0.15, 0.2) is 48.5 Å². The number of aryl methyl sites for hydroxylation is 1. The monoisotopic (exact) mass is 256 g/mol. The second-order valence-corrected chi connectivity index (χ2v) is 4.23. The molecule has 0 bridgehead atoms. The molecule has 0 heterocycles. The van der Waals surface area contributed by atoms with E-state index in [4.69, 9.17) is 4.74 Å². The third-order valence-corrected chi connectivity index (χ3v) is 2.93. The molecule has 3 nitrogen and oxygen atoms in total. The number of esters is 1. The Bertz CT molecular complexity index is 558. The lowest BCUT2D eigenvalue weighted by Gasteiger charge is -2.08. The molecule has 2 aromatic rings. The number of benzene rings is 2. The predicted molar refractivity (Wildman–Crippen MR) is 73.3 cm³/mol. The first-order valence-electron chi connectivity index (χ1n) is 6.06. The SMILES string of the molecule is COC(=O)c1ccc(OCc2ccccc2C)cc1. The molecule has 0 unspecified atom stereocenters. The van der Waals surface area contributed by atoms with Crippen molar-refractivity contribution in [2.45, 2.75) is 13.5 Å². The fourth-order valence-electron chi connectivity index (χ4n) is 1.74. The van der Waals surface area contributed by atoms with Crippen LogP contribution in [0, 0.1) is 6.92 Å². The van der Waals surface area contributed by atoms with Gasteiger partial charge in [0.25, 0.3) is 0 Å². The van der Waals surface area contributed by atoms with E-state index in [2.05, 4.69) is 17.7 Å². The average Bonchev–Trinajstić information content (AvgIpc) is 2.46. The van der Waals surface area contributed by atoms with Gasteiger partial charge in [-0.05, 0) is 42.3 Å². The molecular formula is C16H16O3. The smallest absolute Gasteiger partial charge is 0.337 e. The molecule has 19 heavy (non-hydrogen) atoms. The fourth-order valence-corrected chi connectivity index (χ4v) is 1.74. The fraction of sp³-hybridized carbons (Fsp3) is 0.188. The summed E-state index contributed by atoms with van der Waals surface area (Å²) in [5, 5.41) is 0. The second-order valence-electron chi connectivity index (χ2n) is 4.23. The molecule has 0 saturated heterocycles. The van der Waals surface area contributed by atoms with E-state index in [1.165, 1.54) is 12.7 Å². The van der Waals surface area contributed by atoms with Gasteiger partial charge in [0, 0.05) is 0 Å². The molecule has 0 atom stereocenters. The van der Waals surface area contributed by atoms with Crippen LogP contribution >= 0.6 is 0 Å². The van der Waals surface area contributed by atoms with E-state index < -0.39 is 0 Å². The number of ether oxygens (including phenoxy) is 2. The highest BCUT2D eigenvalue weighted by Crippen LogP contribution is 2.16. The topological polar surface area (TPSA) is 35.5 Å². The quantitative estimate of drug-likeness (QED) is 0.787. The highest BCUT2D eigenvalue weighted by molar-refractivity contribution is 5.89. The molecule has 3 heteroatoms. The van der Waals surface area contributed by atoms with Crippen molar-refractivity contribution in [3.05, 3.63) is 65.2 Å². The molecule has 0 N–H and O–H groups in total. The highest BCUT2D eigenvalue weighted by atomic mass is 16.5. The van der Waals surface area contributed by atoms with E-state index in [-0.39, 0.29) is 5.97 Å². The largest absolute Gasteiger partial charge is 0.489 e. The summed E-state index contributed by atoms with van der Waals surface area (Å²) in [6.45, 7) is 2.57. The summed E-state index contributed by atoms with van der Waals surface area (Å²) in [6, 6.07) is 15.0. The van der Waals surface area contributed by atoms with Crippen molar-refractivity contribution in [1.29, 1.82) is 0 Å². The molecule has 98 valence electrons. The van der Waals surface area contributed by atoms with Crippen LogP contribution in [0.1, 0.15) is 21.5 Å². The molecule has 0 aliphatic rings. The Morgan fingerprint density at radius 2 is 1.74 bits per heavy atom. The Morgan fingerprint density at radius 1 is 1.05 bits per heavy atom. The maximum Gasteiger partial charge on any atom is 0.337 e. The van der Waals surface area contributed by atoms with Crippen LogP contribution in [0.4, 0.5) is 0 Å². The third-order valence-electron chi connectivity index (χ3n) is 2.93. The first-order chi connectivity index (χ1) is 9.20. The molecule has 0 amide bonds. The van der Waals surface area contributed by atoms with Gasteiger partial charge in [0.05, 0.1) is 12.7 Å². The van der Waals surface area contributed by atoms with Crippen LogP contribution in [0.3, 0.4) is 0 Å². The molecule has 2 aromatic carbocycles. The van der Waals surface area contributed by atoms with Gasteiger partial charge < -0.3 is 9.47 Å². The van der Waals surface area contributed by atoms with Gasteiger partial charge in [-0.2, -0.15) is 0 Å². The summed E-state index contributed by atoms with van der Waals surface area (Å²) in [6.07, 6.45) is 0. The second kappa shape index (κ2) is 6.05. The van der Waals surface area contributed by atoms with E-state index in [9.17, 15) is 4.79 Å². The van der Waals surface area contributed by atoms with Gasteiger partial charge in [-0.15, -0.1) is 0 Å². The highest BCUT2D eigenvalue weighted by Gasteiger charge is 2.05. The molecule has 0 fully saturated rings. The van der Waals surface area contributed by atoms with E-state index in [1.54, 1.807) is 24.3 Å². The van der Waals surface area contributed by atoms with Crippen molar-refractivity contribution in [3.8, 4) is 5.75 Å². The standard InChI is InChI=1S/C16H16O3/c1-12-5-3-4-6-14(12)11-19-15-9-7-13(8-10-15)16(17)18-2/h3-10H,11H2,1-2H3. The normalized spacial score (nSPS) is 10.0. The van der Waals surface area contributed by atoms with Gasteiger partial charge in [-0.3, -0.25) is 0 Å². The zero-order chi connectivity index (χ0) is 13.7. The lowest BCUT2D eigenvalue weighted by Crippen LogP contribution is -2.01. The summed E-state index contributed by atoms with van der Waals surface area (Å²) in [5.74, 6) is 0.390. The Hall–Kier alpha value is -2.29. The van der Waals surface area contributed by atoms with Crippen LogP contribution in [0.2, 0.25) is 0 Å². The number of hydrogen-bond acceptors (Lipinski definition) is 3. The van der Waals surface area contributed by atoms with Crippen LogP contribution in [-0.4, -0.2) is 13.1 Å². The summed E-state index contributed by atoms with van der Waals surface area (Å²) < 4.78 is 10.3. The average molecular weight is 256 g/mol. The molecule has 0 saturated carbocycles. The molecule has 0 spiro atoms. The molecular weight excluding hydrogens is 240 g/mol. The Kier molecular flexibility index (Phi) is 4.18. The number of carbonyl (C=O) groups excluding carboxylic acids is 1. The molecule has 2 rings (SSSR count). The van der Waals surface area contributed by atoms with E-state index >= 15 is 0 Å².